The van der Waals surface area contributed by atoms with Crippen LogP contribution in [0.1, 0.15) is 35.1 Å². The van der Waals surface area contributed by atoms with E-state index in [9.17, 15) is 10.2 Å². The third-order valence-electron chi connectivity index (χ3n) is 5.00. The van der Waals surface area contributed by atoms with Crippen molar-refractivity contribution in [2.45, 2.75) is 31.8 Å². The van der Waals surface area contributed by atoms with Gasteiger partial charge in [0.25, 0.3) is 0 Å². The molecule has 0 fully saturated rings. The monoisotopic (exact) mass is 281 g/mol. The van der Waals surface area contributed by atoms with Crippen LogP contribution in [0.2, 0.25) is 0 Å². The maximum Gasteiger partial charge on any atom is 0.157 e. The Hall–Kier alpha value is -2.00. The molecule has 0 aromatic heterocycles. The van der Waals surface area contributed by atoms with E-state index in [-0.39, 0.29) is 17.4 Å². The molecule has 0 bridgehead atoms. The second-order valence-electron chi connectivity index (χ2n) is 6.30. The van der Waals surface area contributed by atoms with Crippen molar-refractivity contribution in [3.63, 3.8) is 0 Å². The first-order chi connectivity index (χ1) is 10.1. The molecule has 4 rings (SSSR count). The number of phenols is 2. The average Bonchev–Trinajstić information content (AvgIpc) is 2.49. The van der Waals surface area contributed by atoms with Gasteiger partial charge < -0.3 is 15.5 Å². The van der Waals surface area contributed by atoms with Crippen molar-refractivity contribution < 1.29 is 10.2 Å². The van der Waals surface area contributed by atoms with Crippen molar-refractivity contribution in [1.82, 2.24) is 5.32 Å². The van der Waals surface area contributed by atoms with Crippen LogP contribution < -0.4 is 5.32 Å². The highest BCUT2D eigenvalue weighted by atomic mass is 16.3. The summed E-state index contributed by atoms with van der Waals surface area (Å²) in [5, 5.41) is 23.4. The van der Waals surface area contributed by atoms with Gasteiger partial charge in [-0.3, -0.25) is 0 Å². The summed E-state index contributed by atoms with van der Waals surface area (Å²) in [5.41, 5.74) is 4.97. The van der Waals surface area contributed by atoms with Gasteiger partial charge in [0.2, 0.25) is 0 Å². The Bertz CT molecular complexity index is 710. The largest absolute Gasteiger partial charge is 0.504 e. The average molecular weight is 281 g/mol. The molecule has 2 aromatic carbocycles. The molecule has 21 heavy (non-hydrogen) atoms. The fraction of sp³-hybridized carbons (Fsp3) is 0.333. The lowest BCUT2D eigenvalue weighted by Crippen LogP contribution is -2.47. The standard InChI is InChI=1S/C18H19NO2/c1-10-6-12-7-15(20)16(21)8-14(12)17-13-5-3-2-4-11(13)9-19-18(10)17/h2-5,7-8,10,17-21H,6,9H2,1H3/t10-,17+,18+/m0/s1. The number of benzene rings is 2. The first kappa shape index (κ1) is 12.7. The highest BCUT2D eigenvalue weighted by molar-refractivity contribution is 5.53. The third kappa shape index (κ3) is 1.84. The second kappa shape index (κ2) is 4.50. The SMILES string of the molecule is C[C@H]1Cc2cc(O)c(O)cc2[C@H]2c3ccccc3CN[C@@H]21. The first-order valence-corrected chi connectivity index (χ1v) is 7.51. The zero-order valence-electron chi connectivity index (χ0n) is 12.0. The molecular weight excluding hydrogens is 262 g/mol. The van der Waals surface area contributed by atoms with Crippen molar-refractivity contribution in [3.8, 4) is 11.5 Å². The summed E-state index contributed by atoms with van der Waals surface area (Å²) in [6.07, 6.45) is 0.930. The van der Waals surface area contributed by atoms with Gasteiger partial charge in [-0.2, -0.15) is 0 Å². The molecule has 0 amide bonds. The van der Waals surface area contributed by atoms with Crippen LogP contribution in [0.3, 0.4) is 0 Å². The Labute approximate surface area is 124 Å². The highest BCUT2D eigenvalue weighted by Crippen LogP contribution is 2.45. The van der Waals surface area contributed by atoms with Crippen LogP contribution in [-0.4, -0.2) is 16.3 Å². The molecule has 0 unspecified atom stereocenters. The molecule has 3 N–H and O–H groups in total. The van der Waals surface area contributed by atoms with Crippen molar-refractivity contribution >= 4 is 0 Å². The molecular formula is C18H19NO2. The first-order valence-electron chi connectivity index (χ1n) is 7.51. The zero-order chi connectivity index (χ0) is 14.6. The van der Waals surface area contributed by atoms with E-state index in [1.165, 1.54) is 11.1 Å². The Kier molecular flexibility index (Phi) is 2.73. The van der Waals surface area contributed by atoms with Crippen LogP contribution in [0, 0.1) is 5.92 Å². The Morgan fingerprint density at radius 2 is 1.76 bits per heavy atom. The van der Waals surface area contributed by atoms with Gasteiger partial charge in [-0.25, -0.2) is 0 Å². The van der Waals surface area contributed by atoms with Crippen LogP contribution in [0.4, 0.5) is 0 Å². The van der Waals surface area contributed by atoms with E-state index in [1.54, 1.807) is 12.1 Å². The predicted molar refractivity (Wildman–Crippen MR) is 81.6 cm³/mol. The topological polar surface area (TPSA) is 52.5 Å². The Morgan fingerprint density at radius 1 is 1.00 bits per heavy atom. The van der Waals surface area contributed by atoms with Gasteiger partial charge in [-0.1, -0.05) is 31.2 Å². The van der Waals surface area contributed by atoms with E-state index in [1.807, 2.05) is 0 Å². The minimum Gasteiger partial charge on any atom is -0.504 e. The minimum atomic E-state index is -0.0230. The lowest BCUT2D eigenvalue weighted by atomic mass is 9.68. The molecule has 1 aliphatic heterocycles. The molecule has 0 spiro atoms. The smallest absolute Gasteiger partial charge is 0.157 e. The molecule has 2 aliphatic rings. The Balaban J connectivity index is 1.94. The number of rotatable bonds is 0. The summed E-state index contributed by atoms with van der Waals surface area (Å²) in [6.45, 7) is 3.16. The van der Waals surface area contributed by atoms with Crippen LogP contribution in [-0.2, 0) is 13.0 Å². The molecule has 0 saturated carbocycles. The summed E-state index contributed by atoms with van der Waals surface area (Å²) < 4.78 is 0. The molecule has 3 nitrogen and oxygen atoms in total. The lowest BCUT2D eigenvalue weighted by molar-refractivity contribution is 0.303. The predicted octanol–water partition coefficient (Wildman–Crippen LogP) is 2.89. The molecule has 0 saturated heterocycles. The minimum absolute atomic E-state index is 0.0172. The normalized spacial score (nSPS) is 26.6. The molecule has 2 aromatic rings. The van der Waals surface area contributed by atoms with Gasteiger partial charge >= 0.3 is 0 Å². The van der Waals surface area contributed by atoms with Crippen LogP contribution in [0.15, 0.2) is 36.4 Å². The van der Waals surface area contributed by atoms with Gasteiger partial charge in [0.1, 0.15) is 0 Å². The van der Waals surface area contributed by atoms with Crippen molar-refractivity contribution in [2.75, 3.05) is 0 Å². The second-order valence-corrected chi connectivity index (χ2v) is 6.30. The summed E-state index contributed by atoms with van der Waals surface area (Å²) in [7, 11) is 0. The van der Waals surface area contributed by atoms with Crippen molar-refractivity contribution in [3.05, 3.63) is 58.7 Å². The maximum atomic E-state index is 9.91. The van der Waals surface area contributed by atoms with Gasteiger partial charge in [-0.05, 0) is 46.7 Å². The maximum absolute atomic E-state index is 9.91. The number of aromatic hydroxyl groups is 2. The van der Waals surface area contributed by atoms with Crippen molar-refractivity contribution in [2.24, 2.45) is 5.92 Å². The fourth-order valence-electron chi connectivity index (χ4n) is 4.00. The van der Waals surface area contributed by atoms with Crippen LogP contribution >= 0.6 is 0 Å². The van der Waals surface area contributed by atoms with E-state index >= 15 is 0 Å². The van der Waals surface area contributed by atoms with Crippen molar-refractivity contribution in [1.29, 1.82) is 0 Å². The number of hydrogen-bond acceptors (Lipinski definition) is 3. The molecule has 1 aliphatic carbocycles. The Morgan fingerprint density at radius 3 is 2.62 bits per heavy atom. The molecule has 108 valence electrons. The van der Waals surface area contributed by atoms with Gasteiger partial charge in [-0.15, -0.1) is 0 Å². The molecule has 3 atom stereocenters. The highest BCUT2D eigenvalue weighted by Gasteiger charge is 2.39. The molecule has 0 radical (unpaired) electrons. The quantitative estimate of drug-likeness (QED) is 0.651. The zero-order valence-corrected chi connectivity index (χ0v) is 12.0. The number of fused-ring (bicyclic) bond motifs is 5. The van der Waals surface area contributed by atoms with Crippen LogP contribution in [0.25, 0.3) is 0 Å². The van der Waals surface area contributed by atoms with Gasteiger partial charge in [0.05, 0.1) is 0 Å². The van der Waals surface area contributed by atoms with E-state index in [0.717, 1.165) is 24.1 Å². The third-order valence-corrected chi connectivity index (χ3v) is 5.00. The van der Waals surface area contributed by atoms with E-state index in [4.69, 9.17) is 0 Å². The number of nitrogens with one attached hydrogen (secondary N) is 1. The summed E-state index contributed by atoms with van der Waals surface area (Å²) >= 11 is 0. The number of hydrogen-bond donors (Lipinski definition) is 3. The fourth-order valence-corrected chi connectivity index (χ4v) is 4.00. The summed E-state index contributed by atoms with van der Waals surface area (Å²) in [5.74, 6) is 0.710. The molecule has 1 heterocycles. The number of phenolic OH excluding ortho intramolecular Hbond substituents is 2. The summed E-state index contributed by atoms with van der Waals surface area (Å²) in [6, 6.07) is 12.4. The van der Waals surface area contributed by atoms with Gasteiger partial charge in [0.15, 0.2) is 11.5 Å². The lowest BCUT2D eigenvalue weighted by Gasteiger charge is -2.43. The van der Waals surface area contributed by atoms with Crippen LogP contribution in [0.5, 0.6) is 11.5 Å². The van der Waals surface area contributed by atoms with E-state index < -0.39 is 0 Å². The van der Waals surface area contributed by atoms with E-state index in [2.05, 4.69) is 36.5 Å². The van der Waals surface area contributed by atoms with Gasteiger partial charge in [0, 0.05) is 18.5 Å². The molecule has 3 heteroatoms. The summed E-state index contributed by atoms with van der Waals surface area (Å²) in [4.78, 5) is 0. The van der Waals surface area contributed by atoms with E-state index in [0.29, 0.717) is 12.0 Å².